The van der Waals surface area contributed by atoms with Gasteiger partial charge in [-0.25, -0.2) is 9.89 Å². The first-order valence-electron chi connectivity index (χ1n) is 6.99. The van der Waals surface area contributed by atoms with Gasteiger partial charge < -0.3 is 5.32 Å². The molecule has 1 aromatic carbocycles. The quantitative estimate of drug-likeness (QED) is 0.807. The van der Waals surface area contributed by atoms with Gasteiger partial charge >= 0.3 is 5.69 Å². The van der Waals surface area contributed by atoms with Crippen molar-refractivity contribution in [2.75, 3.05) is 5.32 Å². The third-order valence-corrected chi connectivity index (χ3v) is 3.33. The number of H-pyrrole nitrogens is 2. The van der Waals surface area contributed by atoms with E-state index in [2.05, 4.69) is 48.2 Å². The van der Waals surface area contributed by atoms with Crippen LogP contribution in [0.2, 0.25) is 0 Å². The maximum atomic E-state index is 12.2. The molecule has 0 radical (unpaired) electrons. The third kappa shape index (κ3) is 3.21. The number of anilines is 1. The lowest BCUT2D eigenvalue weighted by Gasteiger charge is -2.19. The Balaban J connectivity index is 2.42. The van der Waals surface area contributed by atoms with E-state index in [4.69, 9.17) is 0 Å². The van der Waals surface area contributed by atoms with Crippen LogP contribution in [-0.4, -0.2) is 21.1 Å². The average molecular weight is 288 g/mol. The van der Waals surface area contributed by atoms with Gasteiger partial charge in [0, 0.05) is 5.69 Å². The molecule has 1 aromatic heterocycles. The van der Waals surface area contributed by atoms with Crippen LogP contribution < -0.4 is 11.0 Å². The van der Waals surface area contributed by atoms with Gasteiger partial charge in [0.15, 0.2) is 0 Å². The zero-order valence-corrected chi connectivity index (χ0v) is 12.7. The zero-order chi connectivity index (χ0) is 15.6. The van der Waals surface area contributed by atoms with E-state index in [1.165, 1.54) is 0 Å². The Kier molecular flexibility index (Phi) is 4.26. The van der Waals surface area contributed by atoms with Crippen molar-refractivity contribution < 1.29 is 4.79 Å². The van der Waals surface area contributed by atoms with E-state index >= 15 is 0 Å². The van der Waals surface area contributed by atoms with Crippen LogP contribution in [0.3, 0.4) is 0 Å². The average Bonchev–Trinajstić information content (AvgIpc) is 2.85. The Labute approximate surface area is 123 Å². The maximum Gasteiger partial charge on any atom is 0.341 e. The summed E-state index contributed by atoms with van der Waals surface area (Å²) < 4.78 is 0. The summed E-state index contributed by atoms with van der Waals surface area (Å²) in [6.07, 6.45) is 0. The van der Waals surface area contributed by atoms with E-state index in [1.54, 1.807) is 0 Å². The number of hydrogen-bond donors (Lipinski definition) is 3. The summed E-state index contributed by atoms with van der Waals surface area (Å²) >= 11 is 0. The number of aromatic nitrogens is 3. The predicted octanol–water partition coefficient (Wildman–Crippen LogP) is 2.60. The molecule has 0 saturated heterocycles. The van der Waals surface area contributed by atoms with Crippen molar-refractivity contribution in [3.63, 3.8) is 0 Å². The standard InChI is InChI=1S/C15H20N4O2/c1-8(2)10-6-5-7-11(9(3)4)12(10)16-14(20)13-17-15(21)19-18-13/h5-9H,1-4H3,(H,16,20)(H2,17,18,19,21). The number of aromatic amines is 2. The summed E-state index contributed by atoms with van der Waals surface area (Å²) in [6.45, 7) is 8.30. The second kappa shape index (κ2) is 5.95. The van der Waals surface area contributed by atoms with Gasteiger partial charge in [-0.05, 0) is 23.0 Å². The van der Waals surface area contributed by atoms with Crippen LogP contribution in [0.5, 0.6) is 0 Å². The van der Waals surface area contributed by atoms with Gasteiger partial charge in [-0.3, -0.25) is 9.78 Å². The van der Waals surface area contributed by atoms with Crippen LogP contribution in [-0.2, 0) is 0 Å². The monoisotopic (exact) mass is 288 g/mol. The SMILES string of the molecule is CC(C)c1cccc(C(C)C)c1NC(=O)c1n[nH]c(=O)[nH]1. The third-order valence-electron chi connectivity index (χ3n) is 3.33. The molecule has 0 aliphatic heterocycles. The highest BCUT2D eigenvalue weighted by molar-refractivity contribution is 6.02. The number of carbonyl (C=O) groups excluding carboxylic acids is 1. The minimum atomic E-state index is -0.499. The lowest BCUT2D eigenvalue weighted by atomic mass is 9.92. The number of benzene rings is 1. The van der Waals surface area contributed by atoms with E-state index in [0.29, 0.717) is 0 Å². The first-order chi connectivity index (χ1) is 9.90. The fraction of sp³-hybridized carbons (Fsp3) is 0.400. The van der Waals surface area contributed by atoms with E-state index in [9.17, 15) is 9.59 Å². The summed E-state index contributed by atoms with van der Waals surface area (Å²) in [4.78, 5) is 25.6. The maximum absolute atomic E-state index is 12.2. The van der Waals surface area contributed by atoms with Crippen LogP contribution in [0, 0.1) is 0 Å². The van der Waals surface area contributed by atoms with Gasteiger partial charge in [0.2, 0.25) is 5.82 Å². The van der Waals surface area contributed by atoms with Gasteiger partial charge in [0.05, 0.1) is 0 Å². The number of nitrogens with one attached hydrogen (secondary N) is 3. The number of para-hydroxylation sites is 1. The smallest absolute Gasteiger partial charge is 0.319 e. The molecule has 0 bridgehead atoms. The Hall–Kier alpha value is -2.37. The molecule has 0 atom stereocenters. The molecule has 0 aliphatic rings. The van der Waals surface area contributed by atoms with Gasteiger partial charge in [0.25, 0.3) is 5.91 Å². The molecule has 6 heteroatoms. The highest BCUT2D eigenvalue weighted by atomic mass is 16.2. The first-order valence-corrected chi connectivity index (χ1v) is 6.99. The fourth-order valence-electron chi connectivity index (χ4n) is 2.25. The molecule has 0 aliphatic carbocycles. The van der Waals surface area contributed by atoms with Gasteiger partial charge in [-0.1, -0.05) is 45.9 Å². The number of rotatable bonds is 4. The molecule has 2 aromatic rings. The fourth-order valence-corrected chi connectivity index (χ4v) is 2.25. The normalized spacial score (nSPS) is 11.1. The van der Waals surface area contributed by atoms with Crippen LogP contribution in [0.1, 0.15) is 61.3 Å². The number of amides is 1. The zero-order valence-electron chi connectivity index (χ0n) is 12.7. The first kappa shape index (κ1) is 15.0. The van der Waals surface area contributed by atoms with Crippen LogP contribution in [0.15, 0.2) is 23.0 Å². The largest absolute Gasteiger partial charge is 0.341 e. The van der Waals surface area contributed by atoms with E-state index in [1.807, 2.05) is 18.2 Å². The summed E-state index contributed by atoms with van der Waals surface area (Å²) in [7, 11) is 0. The number of hydrogen-bond acceptors (Lipinski definition) is 3. The lowest BCUT2D eigenvalue weighted by Crippen LogP contribution is -2.18. The number of nitrogens with zero attached hydrogens (tertiary/aromatic N) is 1. The molecule has 21 heavy (non-hydrogen) atoms. The molecule has 0 saturated carbocycles. The van der Waals surface area contributed by atoms with Crippen LogP contribution >= 0.6 is 0 Å². The molecule has 6 nitrogen and oxygen atoms in total. The molecule has 2 rings (SSSR count). The Morgan fingerprint density at radius 3 is 2.14 bits per heavy atom. The highest BCUT2D eigenvalue weighted by Gasteiger charge is 2.18. The van der Waals surface area contributed by atoms with E-state index < -0.39 is 11.6 Å². The van der Waals surface area contributed by atoms with Crippen LogP contribution in [0.4, 0.5) is 5.69 Å². The molecular weight excluding hydrogens is 268 g/mol. The van der Waals surface area contributed by atoms with Gasteiger partial charge in [-0.2, -0.15) is 0 Å². The molecule has 112 valence electrons. The summed E-state index contributed by atoms with van der Waals surface area (Å²) in [5.41, 5.74) is 2.43. The van der Waals surface area contributed by atoms with E-state index in [0.717, 1.165) is 16.8 Å². The van der Waals surface area contributed by atoms with Crippen molar-refractivity contribution in [2.45, 2.75) is 39.5 Å². The van der Waals surface area contributed by atoms with Crippen LogP contribution in [0.25, 0.3) is 0 Å². The predicted molar refractivity (Wildman–Crippen MR) is 81.8 cm³/mol. The Morgan fingerprint density at radius 1 is 1.14 bits per heavy atom. The van der Waals surface area contributed by atoms with Crippen molar-refractivity contribution in [3.05, 3.63) is 45.6 Å². The Bertz CT molecular complexity index is 671. The summed E-state index contributed by atoms with van der Waals surface area (Å²) in [5.74, 6) is 0.103. The topological polar surface area (TPSA) is 90.6 Å². The number of carbonyl (C=O) groups is 1. The Morgan fingerprint density at radius 2 is 1.71 bits per heavy atom. The molecule has 0 fully saturated rings. The summed E-state index contributed by atoms with van der Waals surface area (Å²) in [6, 6.07) is 6.00. The van der Waals surface area contributed by atoms with Crippen molar-refractivity contribution in [2.24, 2.45) is 0 Å². The molecule has 1 heterocycles. The lowest BCUT2D eigenvalue weighted by molar-refractivity contribution is 0.101. The second-order valence-electron chi connectivity index (χ2n) is 5.60. The van der Waals surface area contributed by atoms with Crippen molar-refractivity contribution in [3.8, 4) is 0 Å². The molecule has 0 unspecified atom stereocenters. The van der Waals surface area contributed by atoms with Gasteiger partial charge in [-0.15, -0.1) is 5.10 Å². The van der Waals surface area contributed by atoms with E-state index in [-0.39, 0.29) is 17.7 Å². The minimum absolute atomic E-state index is 0.0201. The molecular formula is C15H20N4O2. The van der Waals surface area contributed by atoms with Crippen molar-refractivity contribution in [1.82, 2.24) is 15.2 Å². The van der Waals surface area contributed by atoms with Crippen molar-refractivity contribution in [1.29, 1.82) is 0 Å². The molecule has 0 spiro atoms. The minimum Gasteiger partial charge on any atom is -0.319 e. The highest BCUT2D eigenvalue weighted by Crippen LogP contribution is 2.32. The van der Waals surface area contributed by atoms with Crippen molar-refractivity contribution >= 4 is 11.6 Å². The molecule has 1 amide bonds. The second-order valence-corrected chi connectivity index (χ2v) is 5.60. The summed E-state index contributed by atoms with van der Waals surface area (Å²) in [5, 5.41) is 8.72. The van der Waals surface area contributed by atoms with Gasteiger partial charge in [0.1, 0.15) is 0 Å². The molecule has 3 N–H and O–H groups in total.